The van der Waals surface area contributed by atoms with Crippen LogP contribution in [0, 0.1) is 0 Å². The first kappa shape index (κ1) is 15.2. The molecule has 0 unspecified atom stereocenters. The van der Waals surface area contributed by atoms with E-state index in [0.717, 1.165) is 5.56 Å². The normalized spacial score (nSPS) is 27.7. The summed E-state index contributed by atoms with van der Waals surface area (Å²) in [7, 11) is 0. The number of aliphatic carboxylic acids is 1. The number of β-lactam (4-membered cyclic amide) rings is 1. The second-order valence-electron chi connectivity index (χ2n) is 6.49. The van der Waals surface area contributed by atoms with Gasteiger partial charge in [0.15, 0.2) is 6.04 Å². The highest BCUT2D eigenvalue weighted by molar-refractivity contribution is 8.01. The van der Waals surface area contributed by atoms with Crippen LogP contribution in [-0.2, 0) is 9.59 Å². The number of carbonyl (C=O) groups is 2. The quantitative estimate of drug-likeness (QED) is 0.852. The third-order valence-electron chi connectivity index (χ3n) is 4.51. The predicted octanol–water partition coefficient (Wildman–Crippen LogP) is 1.63. The fraction of sp³-hybridized carbons (Fsp3) is 0.375. The second-order valence-corrected chi connectivity index (χ2v) is 8.26. The number of benzene rings is 1. The number of hydrogen-bond donors (Lipinski definition) is 1. The zero-order chi connectivity index (χ0) is 17.1. The van der Waals surface area contributed by atoms with Gasteiger partial charge >= 0.3 is 5.97 Å². The van der Waals surface area contributed by atoms with Gasteiger partial charge in [0.05, 0.1) is 6.20 Å². The monoisotopic (exact) mass is 344 g/mol. The van der Waals surface area contributed by atoms with Crippen LogP contribution in [0.3, 0.4) is 0 Å². The van der Waals surface area contributed by atoms with E-state index in [4.69, 9.17) is 0 Å². The number of rotatable bonds is 3. The molecular weight excluding hydrogens is 328 g/mol. The first-order valence-corrected chi connectivity index (χ1v) is 8.48. The van der Waals surface area contributed by atoms with Crippen molar-refractivity contribution in [2.45, 2.75) is 36.1 Å². The number of nitrogens with zero attached hydrogens (tertiary/aromatic N) is 4. The summed E-state index contributed by atoms with van der Waals surface area (Å²) >= 11 is 1.50. The molecule has 2 saturated heterocycles. The van der Waals surface area contributed by atoms with Crippen LogP contribution in [0.15, 0.2) is 36.5 Å². The number of carboxylic acids is 1. The maximum atomic E-state index is 12.6. The molecule has 2 aliphatic rings. The zero-order valence-corrected chi connectivity index (χ0v) is 14.0. The van der Waals surface area contributed by atoms with Crippen LogP contribution in [0.1, 0.15) is 19.9 Å². The summed E-state index contributed by atoms with van der Waals surface area (Å²) < 4.78 is 1.02. The summed E-state index contributed by atoms with van der Waals surface area (Å²) in [6.07, 6.45) is 1.75. The van der Waals surface area contributed by atoms with Crippen LogP contribution < -0.4 is 0 Å². The first-order chi connectivity index (χ1) is 11.4. The Kier molecular flexibility index (Phi) is 3.21. The van der Waals surface area contributed by atoms with Crippen LogP contribution in [0.5, 0.6) is 0 Å². The van der Waals surface area contributed by atoms with Crippen molar-refractivity contribution >= 4 is 23.6 Å². The largest absolute Gasteiger partial charge is 0.480 e. The number of fused-ring (bicyclic) bond motifs is 1. The Balaban J connectivity index is 1.63. The van der Waals surface area contributed by atoms with Crippen molar-refractivity contribution in [3.8, 4) is 11.3 Å². The van der Waals surface area contributed by atoms with Gasteiger partial charge in [-0.05, 0) is 13.8 Å². The van der Waals surface area contributed by atoms with E-state index in [1.165, 1.54) is 16.7 Å². The number of carbonyl (C=O) groups excluding carboxylic acids is 1. The van der Waals surface area contributed by atoms with Crippen molar-refractivity contribution in [2.75, 3.05) is 0 Å². The summed E-state index contributed by atoms with van der Waals surface area (Å²) in [5.41, 5.74) is 1.62. The Morgan fingerprint density at radius 2 is 2.00 bits per heavy atom. The maximum Gasteiger partial charge on any atom is 0.327 e. The highest BCUT2D eigenvalue weighted by Crippen LogP contribution is 2.54. The van der Waals surface area contributed by atoms with Crippen molar-refractivity contribution in [1.82, 2.24) is 19.9 Å². The zero-order valence-electron chi connectivity index (χ0n) is 13.2. The predicted molar refractivity (Wildman–Crippen MR) is 88.2 cm³/mol. The summed E-state index contributed by atoms with van der Waals surface area (Å²) in [6.45, 7) is 3.71. The lowest BCUT2D eigenvalue weighted by Crippen LogP contribution is -2.62. The van der Waals surface area contributed by atoms with E-state index in [-0.39, 0.29) is 11.3 Å². The molecule has 4 rings (SSSR count). The highest BCUT2D eigenvalue weighted by atomic mass is 32.2. The molecule has 1 aromatic carbocycles. The molecule has 1 N–H and O–H groups in total. The van der Waals surface area contributed by atoms with Gasteiger partial charge in [0.1, 0.15) is 17.1 Å². The molecule has 24 heavy (non-hydrogen) atoms. The SMILES string of the molecule is CC1(C)S[C@@H]2[C@H](n3cc(-c4ccccc4)nn3)C(=O)N2[C@H]1C(=O)O. The molecule has 2 fully saturated rings. The van der Waals surface area contributed by atoms with Crippen LogP contribution in [0.2, 0.25) is 0 Å². The lowest BCUT2D eigenvalue weighted by Gasteiger charge is -2.42. The van der Waals surface area contributed by atoms with E-state index >= 15 is 0 Å². The van der Waals surface area contributed by atoms with Crippen LogP contribution in [0.25, 0.3) is 11.3 Å². The minimum Gasteiger partial charge on any atom is -0.480 e. The van der Waals surface area contributed by atoms with Crippen molar-refractivity contribution in [3.63, 3.8) is 0 Å². The molecule has 1 aromatic heterocycles. The molecule has 0 aliphatic carbocycles. The molecule has 7 nitrogen and oxygen atoms in total. The van der Waals surface area contributed by atoms with E-state index in [1.807, 2.05) is 44.2 Å². The number of aromatic nitrogens is 3. The van der Waals surface area contributed by atoms with Gasteiger partial charge in [-0.3, -0.25) is 4.79 Å². The summed E-state index contributed by atoms with van der Waals surface area (Å²) in [5, 5.41) is 17.5. The Morgan fingerprint density at radius 3 is 2.67 bits per heavy atom. The van der Waals surface area contributed by atoms with E-state index < -0.39 is 22.8 Å². The number of carboxylic acid groups (broad SMARTS) is 1. The lowest BCUT2D eigenvalue weighted by molar-refractivity contribution is -0.162. The summed E-state index contributed by atoms with van der Waals surface area (Å²) in [4.78, 5) is 25.6. The Bertz CT molecular complexity index is 820. The average molecular weight is 344 g/mol. The fourth-order valence-corrected chi connectivity index (χ4v) is 5.07. The van der Waals surface area contributed by atoms with Gasteiger partial charge in [-0.1, -0.05) is 35.5 Å². The Morgan fingerprint density at radius 1 is 1.29 bits per heavy atom. The molecule has 2 aliphatic heterocycles. The third-order valence-corrected chi connectivity index (χ3v) is 6.07. The maximum absolute atomic E-state index is 12.6. The number of thioether (sulfide) groups is 1. The molecule has 3 heterocycles. The molecule has 124 valence electrons. The van der Waals surface area contributed by atoms with Crippen molar-refractivity contribution in [2.24, 2.45) is 0 Å². The molecule has 0 radical (unpaired) electrons. The molecule has 0 saturated carbocycles. The first-order valence-electron chi connectivity index (χ1n) is 7.60. The van der Waals surface area contributed by atoms with Gasteiger partial charge < -0.3 is 10.0 Å². The molecule has 1 amide bonds. The minimum absolute atomic E-state index is 0.213. The highest BCUT2D eigenvalue weighted by Gasteiger charge is 2.64. The van der Waals surface area contributed by atoms with Gasteiger partial charge in [0, 0.05) is 10.3 Å². The van der Waals surface area contributed by atoms with E-state index in [1.54, 1.807) is 10.9 Å². The Hall–Kier alpha value is -2.35. The second kappa shape index (κ2) is 5.07. The van der Waals surface area contributed by atoms with Gasteiger partial charge in [0.2, 0.25) is 0 Å². The third kappa shape index (κ3) is 2.06. The van der Waals surface area contributed by atoms with Crippen LogP contribution >= 0.6 is 11.8 Å². The van der Waals surface area contributed by atoms with E-state index in [2.05, 4.69) is 10.3 Å². The molecular formula is C16H16N4O3S. The number of hydrogen-bond acceptors (Lipinski definition) is 5. The van der Waals surface area contributed by atoms with Crippen molar-refractivity contribution in [3.05, 3.63) is 36.5 Å². The molecule has 3 atom stereocenters. The molecule has 0 spiro atoms. The molecule has 8 heteroatoms. The van der Waals surface area contributed by atoms with E-state index in [0.29, 0.717) is 5.69 Å². The minimum atomic E-state index is -0.967. The summed E-state index contributed by atoms with van der Waals surface area (Å²) in [5.74, 6) is -1.18. The van der Waals surface area contributed by atoms with Gasteiger partial charge in [-0.25, -0.2) is 9.48 Å². The van der Waals surface area contributed by atoms with Crippen molar-refractivity contribution in [1.29, 1.82) is 0 Å². The van der Waals surface area contributed by atoms with Crippen LogP contribution in [0.4, 0.5) is 0 Å². The molecule has 0 bridgehead atoms. The Labute approximate surface area is 142 Å². The van der Waals surface area contributed by atoms with Gasteiger partial charge in [-0.15, -0.1) is 16.9 Å². The van der Waals surface area contributed by atoms with Gasteiger partial charge in [0.25, 0.3) is 5.91 Å². The fourth-order valence-electron chi connectivity index (χ4n) is 3.39. The number of amides is 1. The van der Waals surface area contributed by atoms with Crippen LogP contribution in [-0.4, -0.2) is 53.0 Å². The van der Waals surface area contributed by atoms with E-state index in [9.17, 15) is 14.7 Å². The standard InChI is InChI=1S/C16H16N4O3S/c1-16(2)12(15(22)23)20-13(21)11(14(20)24-16)19-8-10(17-18-19)9-6-4-3-5-7-9/h3-8,11-12,14H,1-2H3,(H,22,23)/t11-,12+,14-/m1/s1. The topological polar surface area (TPSA) is 88.3 Å². The average Bonchev–Trinajstić information content (AvgIpc) is 3.10. The van der Waals surface area contributed by atoms with Gasteiger partial charge in [-0.2, -0.15) is 0 Å². The lowest BCUT2D eigenvalue weighted by atomic mass is 9.96. The smallest absolute Gasteiger partial charge is 0.327 e. The summed E-state index contributed by atoms with van der Waals surface area (Å²) in [6, 6.07) is 8.30. The molecule has 2 aromatic rings. The van der Waals surface area contributed by atoms with Crippen molar-refractivity contribution < 1.29 is 14.7 Å².